The first-order valence-electron chi connectivity index (χ1n) is 10.2. The van der Waals surface area contributed by atoms with Gasteiger partial charge in [0, 0.05) is 16.0 Å². The fraction of sp³-hybridized carbons (Fsp3) is 0.409. The summed E-state index contributed by atoms with van der Waals surface area (Å²) in [5.41, 5.74) is 9.22. The first kappa shape index (κ1) is 20.8. The smallest absolute Gasteiger partial charge is 0.341 e. The summed E-state index contributed by atoms with van der Waals surface area (Å²) in [7, 11) is 0. The van der Waals surface area contributed by atoms with Gasteiger partial charge >= 0.3 is 5.97 Å². The Balaban J connectivity index is 1.65. The SMILES string of the molecule is CCOC(=O)c1c(NC(=O)c2sc3nc(CC(C)C)ccc3c2N)sc2c1CCC2. The van der Waals surface area contributed by atoms with Crippen LogP contribution in [0.2, 0.25) is 0 Å². The Bertz CT molecular complexity index is 1130. The second-order valence-corrected chi connectivity index (χ2v) is 9.94. The second kappa shape index (κ2) is 8.35. The van der Waals surface area contributed by atoms with Crippen molar-refractivity contribution in [3.05, 3.63) is 38.7 Å². The molecule has 3 aromatic heterocycles. The van der Waals surface area contributed by atoms with Gasteiger partial charge in [-0.3, -0.25) is 4.79 Å². The highest BCUT2D eigenvalue weighted by Crippen LogP contribution is 2.40. The number of amides is 1. The number of hydrogen-bond acceptors (Lipinski definition) is 7. The van der Waals surface area contributed by atoms with Gasteiger partial charge in [-0.15, -0.1) is 22.7 Å². The number of nitrogen functional groups attached to an aromatic ring is 1. The lowest BCUT2D eigenvalue weighted by Crippen LogP contribution is -2.15. The molecule has 6 nitrogen and oxygen atoms in total. The van der Waals surface area contributed by atoms with Gasteiger partial charge in [0.05, 0.1) is 17.9 Å². The third-order valence-electron chi connectivity index (χ3n) is 5.10. The normalized spacial score (nSPS) is 13.1. The van der Waals surface area contributed by atoms with Crippen LogP contribution in [0.1, 0.15) is 63.4 Å². The highest BCUT2D eigenvalue weighted by molar-refractivity contribution is 7.21. The third-order valence-corrected chi connectivity index (χ3v) is 7.42. The molecule has 0 aromatic carbocycles. The molecule has 0 bridgehead atoms. The highest BCUT2D eigenvalue weighted by atomic mass is 32.1. The maximum Gasteiger partial charge on any atom is 0.341 e. The lowest BCUT2D eigenvalue weighted by molar-refractivity contribution is 0.0527. The van der Waals surface area contributed by atoms with E-state index in [0.717, 1.165) is 52.0 Å². The molecule has 30 heavy (non-hydrogen) atoms. The van der Waals surface area contributed by atoms with E-state index in [0.29, 0.717) is 33.7 Å². The summed E-state index contributed by atoms with van der Waals surface area (Å²) in [4.78, 5) is 32.6. The maximum atomic E-state index is 13.1. The molecule has 3 heterocycles. The van der Waals surface area contributed by atoms with Crippen molar-refractivity contribution < 1.29 is 14.3 Å². The van der Waals surface area contributed by atoms with Gasteiger partial charge in [0.25, 0.3) is 5.91 Å². The number of hydrogen-bond donors (Lipinski definition) is 2. The van der Waals surface area contributed by atoms with Crippen LogP contribution in [0.25, 0.3) is 10.2 Å². The zero-order chi connectivity index (χ0) is 21.4. The fourth-order valence-corrected chi connectivity index (χ4v) is 6.09. The van der Waals surface area contributed by atoms with E-state index in [1.807, 2.05) is 12.1 Å². The topological polar surface area (TPSA) is 94.3 Å². The van der Waals surface area contributed by atoms with E-state index in [2.05, 4.69) is 24.1 Å². The van der Waals surface area contributed by atoms with Crippen LogP contribution in [0.15, 0.2) is 12.1 Å². The molecule has 0 saturated heterocycles. The molecule has 4 rings (SSSR count). The van der Waals surface area contributed by atoms with Crippen molar-refractivity contribution in [2.75, 3.05) is 17.7 Å². The van der Waals surface area contributed by atoms with Gasteiger partial charge < -0.3 is 15.8 Å². The van der Waals surface area contributed by atoms with Gasteiger partial charge in [0.15, 0.2) is 0 Å². The number of esters is 1. The van der Waals surface area contributed by atoms with Crippen LogP contribution in [0.3, 0.4) is 0 Å². The van der Waals surface area contributed by atoms with Crippen molar-refractivity contribution in [3.8, 4) is 0 Å². The molecule has 8 heteroatoms. The molecule has 0 fully saturated rings. The largest absolute Gasteiger partial charge is 0.462 e. The number of nitrogens with zero attached hydrogens (tertiary/aromatic N) is 1. The average molecular weight is 444 g/mol. The molecule has 0 atom stereocenters. The molecular formula is C22H25N3O3S2. The predicted octanol–water partition coefficient (Wildman–Crippen LogP) is 5.06. The van der Waals surface area contributed by atoms with Gasteiger partial charge in [-0.1, -0.05) is 13.8 Å². The molecule has 3 N–H and O–H groups in total. The molecule has 158 valence electrons. The number of fused-ring (bicyclic) bond motifs is 2. The van der Waals surface area contributed by atoms with Crippen LogP contribution in [0.4, 0.5) is 10.7 Å². The van der Waals surface area contributed by atoms with Crippen LogP contribution in [0, 0.1) is 5.92 Å². The second-order valence-electron chi connectivity index (χ2n) is 7.83. The minimum absolute atomic E-state index is 0.296. The third kappa shape index (κ3) is 3.81. The predicted molar refractivity (Wildman–Crippen MR) is 123 cm³/mol. The summed E-state index contributed by atoms with van der Waals surface area (Å²) in [5, 5.41) is 4.26. The summed E-state index contributed by atoms with van der Waals surface area (Å²) in [5.74, 6) is -0.194. The number of aryl methyl sites for hydroxylation is 1. The highest BCUT2D eigenvalue weighted by Gasteiger charge is 2.29. The number of thiophene rings is 2. The van der Waals surface area contributed by atoms with Gasteiger partial charge in [-0.05, 0) is 56.2 Å². The van der Waals surface area contributed by atoms with Crippen LogP contribution in [0.5, 0.6) is 0 Å². The molecule has 0 unspecified atom stereocenters. The number of carbonyl (C=O) groups excluding carboxylic acids is 2. The Labute approximate surface area is 183 Å². The van der Waals surface area contributed by atoms with Gasteiger partial charge in [0.2, 0.25) is 0 Å². The Hall–Kier alpha value is -2.45. The molecular weight excluding hydrogens is 418 g/mol. The average Bonchev–Trinajstić information content (AvgIpc) is 3.34. The summed E-state index contributed by atoms with van der Waals surface area (Å²) < 4.78 is 5.24. The quantitative estimate of drug-likeness (QED) is 0.520. The number of carbonyl (C=O) groups is 2. The van der Waals surface area contributed by atoms with Crippen LogP contribution >= 0.6 is 22.7 Å². The lowest BCUT2D eigenvalue weighted by Gasteiger charge is -2.07. The first-order chi connectivity index (χ1) is 14.4. The van der Waals surface area contributed by atoms with Crippen LogP contribution < -0.4 is 11.1 Å². The zero-order valence-corrected chi connectivity index (χ0v) is 19.0. The molecule has 1 aliphatic rings. The minimum atomic E-state index is -0.378. The Morgan fingerprint density at radius 1 is 1.27 bits per heavy atom. The number of pyridine rings is 1. The van der Waals surface area contributed by atoms with Crippen LogP contribution in [-0.4, -0.2) is 23.5 Å². The van der Waals surface area contributed by atoms with Crippen molar-refractivity contribution >= 4 is 55.5 Å². The van der Waals surface area contributed by atoms with E-state index in [1.54, 1.807) is 6.92 Å². The summed E-state index contributed by atoms with van der Waals surface area (Å²) in [6.45, 7) is 6.37. The fourth-order valence-electron chi connectivity index (χ4n) is 3.81. The molecule has 1 amide bonds. The van der Waals surface area contributed by atoms with Crippen molar-refractivity contribution in [1.29, 1.82) is 0 Å². The molecule has 0 radical (unpaired) electrons. The molecule has 0 saturated carbocycles. The van der Waals surface area contributed by atoms with Crippen molar-refractivity contribution in [2.24, 2.45) is 5.92 Å². The molecule has 3 aromatic rings. The lowest BCUT2D eigenvalue weighted by atomic mass is 10.1. The van der Waals surface area contributed by atoms with Gasteiger partial charge in [0.1, 0.15) is 14.7 Å². The van der Waals surface area contributed by atoms with Crippen LogP contribution in [-0.2, 0) is 24.0 Å². The minimum Gasteiger partial charge on any atom is -0.462 e. The van der Waals surface area contributed by atoms with Crippen molar-refractivity contribution in [3.63, 3.8) is 0 Å². The van der Waals surface area contributed by atoms with E-state index < -0.39 is 0 Å². The first-order valence-corrected chi connectivity index (χ1v) is 11.8. The standard InChI is InChI=1S/C22H25N3O3S2/c1-4-28-22(27)16-13-6-5-7-15(13)29-21(16)25-19(26)18-17(23)14-9-8-12(10-11(2)3)24-20(14)30-18/h8-9,11H,4-7,10,23H2,1-3H3,(H,25,26). The van der Waals surface area contributed by atoms with Crippen molar-refractivity contribution in [1.82, 2.24) is 4.98 Å². The number of nitrogens with two attached hydrogens (primary N) is 1. The van der Waals surface area contributed by atoms with E-state index in [1.165, 1.54) is 22.7 Å². The monoisotopic (exact) mass is 443 g/mol. The van der Waals surface area contributed by atoms with Crippen molar-refractivity contribution in [2.45, 2.75) is 46.5 Å². The van der Waals surface area contributed by atoms with E-state index in [-0.39, 0.29) is 11.9 Å². The molecule has 0 spiro atoms. The number of rotatable bonds is 6. The Morgan fingerprint density at radius 3 is 2.80 bits per heavy atom. The number of anilines is 2. The molecule has 1 aliphatic carbocycles. The number of ether oxygens (including phenoxy) is 1. The number of nitrogens with one attached hydrogen (secondary N) is 1. The van der Waals surface area contributed by atoms with E-state index >= 15 is 0 Å². The summed E-state index contributed by atoms with van der Waals surface area (Å²) in [6, 6.07) is 3.90. The van der Waals surface area contributed by atoms with E-state index in [9.17, 15) is 9.59 Å². The summed E-state index contributed by atoms with van der Waals surface area (Å²) >= 11 is 2.75. The maximum absolute atomic E-state index is 13.1. The summed E-state index contributed by atoms with van der Waals surface area (Å²) in [6.07, 6.45) is 3.66. The Kier molecular flexibility index (Phi) is 5.79. The Morgan fingerprint density at radius 2 is 2.07 bits per heavy atom. The van der Waals surface area contributed by atoms with Gasteiger partial charge in [-0.2, -0.15) is 0 Å². The molecule has 0 aliphatic heterocycles. The van der Waals surface area contributed by atoms with E-state index in [4.69, 9.17) is 10.5 Å². The van der Waals surface area contributed by atoms with Gasteiger partial charge in [-0.25, -0.2) is 9.78 Å². The number of aromatic nitrogens is 1. The zero-order valence-electron chi connectivity index (χ0n) is 17.3.